The Morgan fingerprint density at radius 1 is 1.26 bits per heavy atom. The SMILES string of the molecule is NC(=S)c1cccc(NCc2ccc(F)cc2F)n1. The van der Waals surface area contributed by atoms with E-state index in [1.54, 1.807) is 18.2 Å². The molecule has 0 saturated heterocycles. The second kappa shape index (κ2) is 5.71. The first kappa shape index (κ1) is 13.4. The number of thiocarbonyl (C=S) groups is 1. The van der Waals surface area contributed by atoms with Gasteiger partial charge in [-0.1, -0.05) is 24.4 Å². The lowest BCUT2D eigenvalue weighted by Crippen LogP contribution is -2.13. The normalized spacial score (nSPS) is 10.2. The van der Waals surface area contributed by atoms with Crippen LogP contribution >= 0.6 is 12.2 Å². The van der Waals surface area contributed by atoms with Gasteiger partial charge in [0.2, 0.25) is 0 Å². The number of benzene rings is 1. The average molecular weight is 279 g/mol. The summed E-state index contributed by atoms with van der Waals surface area (Å²) < 4.78 is 26.2. The third-order valence-electron chi connectivity index (χ3n) is 2.48. The molecule has 6 heteroatoms. The molecule has 2 rings (SSSR count). The highest BCUT2D eigenvalue weighted by molar-refractivity contribution is 7.80. The fourth-order valence-corrected chi connectivity index (χ4v) is 1.63. The van der Waals surface area contributed by atoms with E-state index >= 15 is 0 Å². The third-order valence-corrected chi connectivity index (χ3v) is 2.69. The van der Waals surface area contributed by atoms with Crippen LogP contribution in [0.15, 0.2) is 36.4 Å². The number of hydrogen-bond acceptors (Lipinski definition) is 3. The average Bonchev–Trinajstić information content (AvgIpc) is 2.38. The van der Waals surface area contributed by atoms with Crippen LogP contribution in [-0.4, -0.2) is 9.97 Å². The molecule has 0 saturated carbocycles. The van der Waals surface area contributed by atoms with Gasteiger partial charge in [0, 0.05) is 18.2 Å². The fraction of sp³-hybridized carbons (Fsp3) is 0.0769. The molecule has 0 aliphatic carbocycles. The minimum absolute atomic E-state index is 0.191. The highest BCUT2D eigenvalue weighted by Crippen LogP contribution is 2.12. The maximum atomic E-state index is 13.4. The summed E-state index contributed by atoms with van der Waals surface area (Å²) in [5.74, 6) is -0.679. The highest BCUT2D eigenvalue weighted by atomic mass is 32.1. The summed E-state index contributed by atoms with van der Waals surface area (Å²) in [5.41, 5.74) is 6.31. The van der Waals surface area contributed by atoms with Crippen molar-refractivity contribution in [2.24, 2.45) is 5.73 Å². The van der Waals surface area contributed by atoms with Crippen molar-refractivity contribution in [3.8, 4) is 0 Å². The predicted octanol–water partition coefficient (Wildman–Crippen LogP) is 2.61. The van der Waals surface area contributed by atoms with Gasteiger partial charge in [-0.15, -0.1) is 0 Å². The van der Waals surface area contributed by atoms with Crippen molar-refractivity contribution in [1.82, 2.24) is 4.98 Å². The molecule has 3 nitrogen and oxygen atoms in total. The lowest BCUT2D eigenvalue weighted by atomic mass is 10.2. The zero-order valence-corrected chi connectivity index (χ0v) is 10.7. The van der Waals surface area contributed by atoms with Crippen molar-refractivity contribution < 1.29 is 8.78 Å². The molecule has 0 aliphatic rings. The van der Waals surface area contributed by atoms with Crippen LogP contribution in [0.25, 0.3) is 0 Å². The van der Waals surface area contributed by atoms with Gasteiger partial charge in [0.15, 0.2) is 0 Å². The molecule has 0 spiro atoms. The van der Waals surface area contributed by atoms with Crippen LogP contribution in [0.2, 0.25) is 0 Å². The molecule has 0 aliphatic heterocycles. The van der Waals surface area contributed by atoms with Crippen LogP contribution < -0.4 is 11.1 Å². The summed E-state index contributed by atoms with van der Waals surface area (Å²) in [6.45, 7) is 0.194. The zero-order valence-electron chi connectivity index (χ0n) is 9.86. The molecular formula is C13H11F2N3S. The Morgan fingerprint density at radius 3 is 2.74 bits per heavy atom. The van der Waals surface area contributed by atoms with E-state index in [1.807, 2.05) is 0 Å². The Bertz CT molecular complexity index is 617. The second-order valence-corrected chi connectivity index (χ2v) is 4.30. The molecule has 0 amide bonds. The topological polar surface area (TPSA) is 50.9 Å². The Hall–Kier alpha value is -2.08. The molecular weight excluding hydrogens is 268 g/mol. The van der Waals surface area contributed by atoms with E-state index < -0.39 is 11.6 Å². The maximum Gasteiger partial charge on any atom is 0.131 e. The maximum absolute atomic E-state index is 13.4. The Balaban J connectivity index is 2.10. The van der Waals surface area contributed by atoms with Crippen molar-refractivity contribution in [3.63, 3.8) is 0 Å². The van der Waals surface area contributed by atoms with Gasteiger partial charge < -0.3 is 11.1 Å². The number of rotatable bonds is 4. The molecule has 0 unspecified atom stereocenters. The number of anilines is 1. The van der Waals surface area contributed by atoms with E-state index in [0.717, 1.165) is 6.07 Å². The number of nitrogens with one attached hydrogen (secondary N) is 1. The minimum Gasteiger partial charge on any atom is -0.388 e. The van der Waals surface area contributed by atoms with Gasteiger partial charge in [0.25, 0.3) is 0 Å². The Kier molecular flexibility index (Phi) is 4.01. The molecule has 2 aromatic rings. The number of hydrogen-bond donors (Lipinski definition) is 2. The smallest absolute Gasteiger partial charge is 0.131 e. The summed E-state index contributed by atoms with van der Waals surface area (Å²) in [4.78, 5) is 4.35. The summed E-state index contributed by atoms with van der Waals surface area (Å²) in [7, 11) is 0. The van der Waals surface area contributed by atoms with Crippen LogP contribution in [0.4, 0.5) is 14.6 Å². The van der Waals surface area contributed by atoms with E-state index in [0.29, 0.717) is 17.1 Å². The standard InChI is InChI=1S/C13H11F2N3S/c14-9-5-4-8(10(15)6-9)7-17-12-3-1-2-11(18-12)13(16)19/h1-6H,7H2,(H2,16,19)(H,17,18). The molecule has 0 bridgehead atoms. The van der Waals surface area contributed by atoms with Crippen molar-refractivity contribution in [3.05, 3.63) is 59.3 Å². The summed E-state index contributed by atoms with van der Waals surface area (Å²) in [6, 6.07) is 8.57. The van der Waals surface area contributed by atoms with E-state index in [-0.39, 0.29) is 11.5 Å². The van der Waals surface area contributed by atoms with Gasteiger partial charge in [-0.05, 0) is 18.2 Å². The minimum atomic E-state index is -0.602. The number of nitrogens with zero attached hydrogens (tertiary/aromatic N) is 1. The lowest BCUT2D eigenvalue weighted by Gasteiger charge is -2.08. The van der Waals surface area contributed by atoms with Crippen LogP contribution in [0.5, 0.6) is 0 Å². The molecule has 0 atom stereocenters. The van der Waals surface area contributed by atoms with E-state index in [2.05, 4.69) is 10.3 Å². The zero-order chi connectivity index (χ0) is 13.8. The third kappa shape index (κ3) is 3.45. The van der Waals surface area contributed by atoms with E-state index in [4.69, 9.17) is 18.0 Å². The Labute approximate surface area is 114 Å². The summed E-state index contributed by atoms with van der Waals surface area (Å²) in [6.07, 6.45) is 0. The van der Waals surface area contributed by atoms with Crippen molar-refractivity contribution in [1.29, 1.82) is 0 Å². The van der Waals surface area contributed by atoms with Crippen LogP contribution in [0.3, 0.4) is 0 Å². The van der Waals surface area contributed by atoms with E-state index in [1.165, 1.54) is 12.1 Å². The summed E-state index contributed by atoms with van der Waals surface area (Å²) >= 11 is 4.82. The molecule has 1 aromatic carbocycles. The molecule has 1 heterocycles. The van der Waals surface area contributed by atoms with Crippen LogP contribution in [0.1, 0.15) is 11.3 Å². The molecule has 0 radical (unpaired) electrons. The molecule has 1 aromatic heterocycles. The molecule has 3 N–H and O–H groups in total. The first-order valence-electron chi connectivity index (χ1n) is 5.51. The van der Waals surface area contributed by atoms with Crippen molar-refractivity contribution >= 4 is 23.0 Å². The van der Waals surface area contributed by atoms with Gasteiger partial charge in [-0.25, -0.2) is 13.8 Å². The largest absolute Gasteiger partial charge is 0.388 e. The predicted molar refractivity (Wildman–Crippen MR) is 73.8 cm³/mol. The van der Waals surface area contributed by atoms with Gasteiger partial charge in [0.1, 0.15) is 22.4 Å². The van der Waals surface area contributed by atoms with Gasteiger partial charge in [-0.2, -0.15) is 0 Å². The number of nitrogens with two attached hydrogens (primary N) is 1. The number of halogens is 2. The molecule has 19 heavy (non-hydrogen) atoms. The second-order valence-electron chi connectivity index (χ2n) is 3.86. The monoisotopic (exact) mass is 279 g/mol. The fourth-order valence-electron chi connectivity index (χ4n) is 1.52. The van der Waals surface area contributed by atoms with Gasteiger partial charge in [-0.3, -0.25) is 0 Å². The quantitative estimate of drug-likeness (QED) is 0.845. The molecule has 98 valence electrons. The lowest BCUT2D eigenvalue weighted by molar-refractivity contribution is 0.574. The van der Waals surface area contributed by atoms with Crippen molar-refractivity contribution in [2.45, 2.75) is 6.54 Å². The number of pyridine rings is 1. The first-order valence-corrected chi connectivity index (χ1v) is 5.92. The van der Waals surface area contributed by atoms with Crippen molar-refractivity contribution in [2.75, 3.05) is 5.32 Å². The Morgan fingerprint density at radius 2 is 2.05 bits per heavy atom. The number of aromatic nitrogens is 1. The summed E-state index contributed by atoms with van der Waals surface area (Å²) in [5, 5.41) is 2.93. The van der Waals surface area contributed by atoms with Gasteiger partial charge >= 0.3 is 0 Å². The first-order chi connectivity index (χ1) is 9.06. The molecule has 0 fully saturated rings. The van der Waals surface area contributed by atoms with Gasteiger partial charge in [0.05, 0.1) is 5.69 Å². The highest BCUT2D eigenvalue weighted by Gasteiger charge is 2.05. The van der Waals surface area contributed by atoms with Crippen LogP contribution in [-0.2, 0) is 6.54 Å². The van der Waals surface area contributed by atoms with Crippen LogP contribution in [0, 0.1) is 11.6 Å². The van der Waals surface area contributed by atoms with E-state index in [9.17, 15) is 8.78 Å².